The number of likely N-dealkylation sites (tertiary alicyclic amines) is 1. The summed E-state index contributed by atoms with van der Waals surface area (Å²) in [5, 5.41) is 5.39. The number of nitrogens with zero attached hydrogens (tertiary/aromatic N) is 1. The average Bonchev–Trinajstić information content (AvgIpc) is 3.16. The van der Waals surface area contributed by atoms with Gasteiger partial charge in [-0.3, -0.25) is 4.79 Å². The Balaban J connectivity index is 1.34. The lowest BCUT2D eigenvalue weighted by molar-refractivity contribution is 0.0905. The number of ether oxygens (including phenoxy) is 1. The molecule has 1 amide bonds. The minimum absolute atomic E-state index is 0.0550. The molecule has 0 saturated carbocycles. The summed E-state index contributed by atoms with van der Waals surface area (Å²) < 4.78 is 5.47. The maximum Gasteiger partial charge on any atom is 0.252 e. The first kappa shape index (κ1) is 16.6. The van der Waals surface area contributed by atoms with Gasteiger partial charge < -0.3 is 15.0 Å². The molecule has 4 nitrogen and oxygen atoms in total. The zero-order valence-corrected chi connectivity index (χ0v) is 14.6. The number of hydrogen-bond donors (Lipinski definition) is 1. The highest BCUT2D eigenvalue weighted by Gasteiger charge is 2.25. The number of amides is 1. The summed E-state index contributed by atoms with van der Waals surface area (Å²) in [4.78, 5) is 15.3. The van der Waals surface area contributed by atoms with Crippen molar-refractivity contribution in [2.75, 3.05) is 32.8 Å². The molecule has 0 radical (unpaired) electrons. The minimum atomic E-state index is 0.0550. The fourth-order valence-corrected chi connectivity index (χ4v) is 4.04. The van der Waals surface area contributed by atoms with Gasteiger partial charge in [-0.25, -0.2) is 0 Å². The zero-order valence-electron chi connectivity index (χ0n) is 14.6. The number of fused-ring (bicyclic) bond motifs is 1. The van der Waals surface area contributed by atoms with Crippen LogP contribution in [0.1, 0.15) is 29.6 Å². The molecule has 4 rings (SSSR count). The highest BCUT2D eigenvalue weighted by Crippen LogP contribution is 2.20. The van der Waals surface area contributed by atoms with E-state index in [-0.39, 0.29) is 11.9 Å². The standard InChI is InChI=1S/C21H26N2O2/c24-21(20-7-3-5-17-4-1-2-6-19(17)20)22-18-8-11-23(12-9-18)14-16-10-13-25-15-16/h1-7,16,18H,8-15H2,(H,22,24). The summed E-state index contributed by atoms with van der Waals surface area (Å²) in [5.74, 6) is 0.751. The molecule has 2 heterocycles. The Kier molecular flexibility index (Phi) is 4.99. The molecule has 4 heteroatoms. The largest absolute Gasteiger partial charge is 0.381 e. The third-order valence-corrected chi connectivity index (χ3v) is 5.50. The highest BCUT2D eigenvalue weighted by atomic mass is 16.5. The van der Waals surface area contributed by atoms with E-state index in [0.717, 1.165) is 62.0 Å². The van der Waals surface area contributed by atoms with Gasteiger partial charge in [-0.15, -0.1) is 0 Å². The molecule has 0 aliphatic carbocycles. The molecule has 132 valence electrons. The van der Waals surface area contributed by atoms with Crippen LogP contribution in [0.5, 0.6) is 0 Å². The molecule has 1 unspecified atom stereocenters. The average molecular weight is 338 g/mol. The van der Waals surface area contributed by atoms with E-state index in [4.69, 9.17) is 4.74 Å². The molecule has 1 atom stereocenters. The summed E-state index contributed by atoms with van der Waals surface area (Å²) in [6.45, 7) is 5.11. The molecule has 2 saturated heterocycles. The molecule has 2 aliphatic heterocycles. The van der Waals surface area contributed by atoms with Crippen LogP contribution in [0.15, 0.2) is 42.5 Å². The Morgan fingerprint density at radius 2 is 1.88 bits per heavy atom. The topological polar surface area (TPSA) is 41.6 Å². The lowest BCUT2D eigenvalue weighted by Crippen LogP contribution is -2.45. The summed E-state index contributed by atoms with van der Waals surface area (Å²) in [6.07, 6.45) is 3.26. The van der Waals surface area contributed by atoms with E-state index in [1.54, 1.807) is 0 Å². The molecule has 0 bridgehead atoms. The molecule has 1 N–H and O–H groups in total. The van der Waals surface area contributed by atoms with Crippen LogP contribution in [-0.4, -0.2) is 49.7 Å². The molecule has 25 heavy (non-hydrogen) atoms. The smallest absolute Gasteiger partial charge is 0.252 e. The van der Waals surface area contributed by atoms with Gasteiger partial charge in [-0.05, 0) is 42.0 Å². The van der Waals surface area contributed by atoms with Crippen molar-refractivity contribution in [3.63, 3.8) is 0 Å². The van der Waals surface area contributed by atoms with Gasteiger partial charge in [0.15, 0.2) is 0 Å². The second-order valence-corrected chi connectivity index (χ2v) is 7.30. The molecule has 2 aromatic carbocycles. The van der Waals surface area contributed by atoms with Crippen molar-refractivity contribution in [1.29, 1.82) is 0 Å². The quantitative estimate of drug-likeness (QED) is 0.931. The predicted molar refractivity (Wildman–Crippen MR) is 99.8 cm³/mol. The second-order valence-electron chi connectivity index (χ2n) is 7.30. The van der Waals surface area contributed by atoms with E-state index in [2.05, 4.69) is 22.3 Å². The summed E-state index contributed by atoms with van der Waals surface area (Å²) in [7, 11) is 0. The van der Waals surface area contributed by atoms with Crippen molar-refractivity contribution in [3.05, 3.63) is 48.0 Å². The van der Waals surface area contributed by atoms with Gasteiger partial charge in [0.05, 0.1) is 6.61 Å². The van der Waals surface area contributed by atoms with Crippen LogP contribution in [-0.2, 0) is 4.74 Å². The Bertz CT molecular complexity index is 726. The predicted octanol–water partition coefficient (Wildman–Crippen LogP) is 3.07. The van der Waals surface area contributed by atoms with Gasteiger partial charge in [0.25, 0.3) is 5.91 Å². The van der Waals surface area contributed by atoms with E-state index in [1.807, 2.05) is 30.3 Å². The SMILES string of the molecule is O=C(NC1CCN(CC2CCOC2)CC1)c1cccc2ccccc12. The van der Waals surface area contributed by atoms with Crippen LogP contribution in [0, 0.1) is 5.92 Å². The summed E-state index contributed by atoms with van der Waals surface area (Å²) in [5.41, 5.74) is 0.781. The minimum Gasteiger partial charge on any atom is -0.381 e. The number of piperidine rings is 1. The van der Waals surface area contributed by atoms with E-state index < -0.39 is 0 Å². The van der Waals surface area contributed by atoms with Gasteiger partial charge in [-0.2, -0.15) is 0 Å². The van der Waals surface area contributed by atoms with Crippen molar-refractivity contribution in [3.8, 4) is 0 Å². The van der Waals surface area contributed by atoms with E-state index >= 15 is 0 Å². The number of benzene rings is 2. The molecular formula is C21H26N2O2. The first-order valence-electron chi connectivity index (χ1n) is 9.38. The van der Waals surface area contributed by atoms with Crippen molar-refractivity contribution in [2.45, 2.75) is 25.3 Å². The van der Waals surface area contributed by atoms with Crippen LogP contribution in [0.4, 0.5) is 0 Å². The van der Waals surface area contributed by atoms with Gasteiger partial charge in [0.2, 0.25) is 0 Å². The van der Waals surface area contributed by atoms with Gasteiger partial charge >= 0.3 is 0 Å². The molecule has 0 spiro atoms. The molecule has 2 aromatic rings. The number of carbonyl (C=O) groups excluding carboxylic acids is 1. The Morgan fingerprint density at radius 1 is 1.08 bits per heavy atom. The zero-order chi connectivity index (χ0) is 17.1. The third kappa shape index (κ3) is 3.86. The maximum absolute atomic E-state index is 12.7. The lowest BCUT2D eigenvalue weighted by Gasteiger charge is -2.33. The van der Waals surface area contributed by atoms with Gasteiger partial charge in [0.1, 0.15) is 0 Å². The number of nitrogens with one attached hydrogen (secondary N) is 1. The first-order valence-corrected chi connectivity index (χ1v) is 9.38. The monoisotopic (exact) mass is 338 g/mol. The first-order chi connectivity index (χ1) is 12.3. The Hall–Kier alpha value is -1.91. The molecule has 2 aliphatic rings. The molecular weight excluding hydrogens is 312 g/mol. The van der Waals surface area contributed by atoms with Gasteiger partial charge in [0, 0.05) is 37.8 Å². The molecule has 0 aromatic heterocycles. The Morgan fingerprint density at radius 3 is 2.68 bits per heavy atom. The third-order valence-electron chi connectivity index (χ3n) is 5.50. The van der Waals surface area contributed by atoms with Crippen LogP contribution < -0.4 is 5.32 Å². The van der Waals surface area contributed by atoms with Crippen LogP contribution in [0.25, 0.3) is 10.8 Å². The summed E-state index contributed by atoms with van der Waals surface area (Å²) in [6, 6.07) is 14.3. The molecule has 2 fully saturated rings. The maximum atomic E-state index is 12.7. The van der Waals surface area contributed by atoms with Crippen molar-refractivity contribution >= 4 is 16.7 Å². The highest BCUT2D eigenvalue weighted by molar-refractivity contribution is 6.07. The van der Waals surface area contributed by atoms with E-state index in [1.165, 1.54) is 6.42 Å². The normalized spacial score (nSPS) is 22.3. The van der Waals surface area contributed by atoms with E-state index in [0.29, 0.717) is 5.92 Å². The fraction of sp³-hybridized carbons (Fsp3) is 0.476. The summed E-state index contributed by atoms with van der Waals surface area (Å²) >= 11 is 0. The van der Waals surface area contributed by atoms with Crippen LogP contribution >= 0.6 is 0 Å². The van der Waals surface area contributed by atoms with Crippen molar-refractivity contribution < 1.29 is 9.53 Å². The Labute approximate surface area is 149 Å². The number of rotatable bonds is 4. The fourth-order valence-electron chi connectivity index (χ4n) is 4.04. The van der Waals surface area contributed by atoms with Crippen molar-refractivity contribution in [1.82, 2.24) is 10.2 Å². The second kappa shape index (κ2) is 7.54. The van der Waals surface area contributed by atoms with Crippen molar-refractivity contribution in [2.24, 2.45) is 5.92 Å². The number of carbonyl (C=O) groups is 1. The van der Waals surface area contributed by atoms with Crippen LogP contribution in [0.2, 0.25) is 0 Å². The number of hydrogen-bond acceptors (Lipinski definition) is 3. The lowest BCUT2D eigenvalue weighted by atomic mass is 10.0. The van der Waals surface area contributed by atoms with E-state index in [9.17, 15) is 4.79 Å². The van der Waals surface area contributed by atoms with Gasteiger partial charge in [-0.1, -0.05) is 36.4 Å². The van der Waals surface area contributed by atoms with Crippen LogP contribution in [0.3, 0.4) is 0 Å².